The van der Waals surface area contributed by atoms with Crippen LogP contribution in [0.2, 0.25) is 0 Å². The molecule has 122 valence electrons. The largest absolute Gasteiger partial charge is 0.199 e. The summed E-state index contributed by atoms with van der Waals surface area (Å²) in [7, 11) is 0. The Morgan fingerprint density at radius 1 is 1.05 bits per heavy atom. The van der Waals surface area contributed by atoms with Gasteiger partial charge in [0.2, 0.25) is 0 Å². The SMILES string of the molecule is CCCC1CCC(C2CCC(C=CC=C(F)C#N)CC2)CC1. The number of nitrogens with zero attached hydrogens (tertiary/aromatic N) is 1. The summed E-state index contributed by atoms with van der Waals surface area (Å²) in [5.74, 6) is 2.78. The van der Waals surface area contributed by atoms with Gasteiger partial charge in [-0.1, -0.05) is 44.8 Å². The molecule has 0 spiro atoms. The van der Waals surface area contributed by atoms with E-state index in [0.29, 0.717) is 5.92 Å². The van der Waals surface area contributed by atoms with Gasteiger partial charge in [0, 0.05) is 0 Å². The summed E-state index contributed by atoms with van der Waals surface area (Å²) >= 11 is 0. The predicted molar refractivity (Wildman–Crippen MR) is 89.7 cm³/mol. The van der Waals surface area contributed by atoms with Crippen LogP contribution in [0.3, 0.4) is 0 Å². The van der Waals surface area contributed by atoms with E-state index in [-0.39, 0.29) is 0 Å². The third-order valence-corrected chi connectivity index (χ3v) is 5.80. The first-order chi connectivity index (χ1) is 10.7. The number of hydrogen-bond donors (Lipinski definition) is 0. The topological polar surface area (TPSA) is 23.8 Å². The molecule has 0 aromatic rings. The molecule has 0 atom stereocenters. The molecule has 2 heteroatoms. The van der Waals surface area contributed by atoms with Gasteiger partial charge in [-0.15, -0.1) is 0 Å². The van der Waals surface area contributed by atoms with Crippen molar-refractivity contribution in [3.8, 4) is 6.07 Å². The molecule has 2 saturated carbocycles. The smallest absolute Gasteiger partial charge is 0.195 e. The summed E-state index contributed by atoms with van der Waals surface area (Å²) in [6.45, 7) is 2.30. The molecular formula is C20H30FN. The molecule has 0 radical (unpaired) electrons. The highest BCUT2D eigenvalue weighted by atomic mass is 19.1. The zero-order valence-electron chi connectivity index (χ0n) is 13.9. The molecule has 2 aliphatic rings. The zero-order chi connectivity index (χ0) is 15.8. The third kappa shape index (κ3) is 5.27. The minimum Gasteiger partial charge on any atom is -0.195 e. The molecule has 0 amide bonds. The fourth-order valence-electron chi connectivity index (χ4n) is 4.50. The Morgan fingerprint density at radius 2 is 1.64 bits per heavy atom. The normalized spacial score (nSPS) is 33.8. The van der Waals surface area contributed by atoms with E-state index in [0.717, 1.165) is 17.8 Å². The van der Waals surface area contributed by atoms with Gasteiger partial charge in [-0.25, -0.2) is 0 Å². The lowest BCUT2D eigenvalue weighted by molar-refractivity contribution is 0.152. The van der Waals surface area contributed by atoms with Gasteiger partial charge in [0.15, 0.2) is 5.83 Å². The van der Waals surface area contributed by atoms with E-state index in [9.17, 15) is 4.39 Å². The van der Waals surface area contributed by atoms with E-state index < -0.39 is 5.83 Å². The fraction of sp³-hybridized carbons (Fsp3) is 0.750. The summed E-state index contributed by atoms with van der Waals surface area (Å²) in [5, 5.41) is 8.38. The average Bonchev–Trinajstić information content (AvgIpc) is 2.56. The van der Waals surface area contributed by atoms with Crippen molar-refractivity contribution in [3.63, 3.8) is 0 Å². The van der Waals surface area contributed by atoms with Crippen LogP contribution in [0.1, 0.15) is 71.1 Å². The molecule has 0 aromatic carbocycles. The van der Waals surface area contributed by atoms with Crippen molar-refractivity contribution in [3.05, 3.63) is 24.1 Å². The van der Waals surface area contributed by atoms with E-state index in [4.69, 9.17) is 5.26 Å². The molecule has 0 unspecified atom stereocenters. The minimum absolute atomic E-state index is 0.579. The van der Waals surface area contributed by atoms with Crippen LogP contribution >= 0.6 is 0 Å². The summed E-state index contributed by atoms with van der Waals surface area (Å²) < 4.78 is 12.7. The fourth-order valence-corrected chi connectivity index (χ4v) is 4.50. The van der Waals surface area contributed by atoms with Crippen molar-refractivity contribution < 1.29 is 4.39 Å². The lowest BCUT2D eigenvalue weighted by atomic mass is 9.69. The summed E-state index contributed by atoms with van der Waals surface area (Å²) in [6, 6.07) is 1.51. The Bertz CT molecular complexity index is 415. The number of nitriles is 1. The van der Waals surface area contributed by atoms with E-state index in [1.807, 2.05) is 0 Å². The van der Waals surface area contributed by atoms with Gasteiger partial charge in [-0.05, 0) is 68.3 Å². The molecule has 0 saturated heterocycles. The van der Waals surface area contributed by atoms with Crippen LogP contribution in [-0.4, -0.2) is 0 Å². The molecule has 0 heterocycles. The van der Waals surface area contributed by atoms with Gasteiger partial charge in [0.05, 0.1) is 0 Å². The minimum atomic E-state index is -0.700. The highest BCUT2D eigenvalue weighted by molar-refractivity contribution is 5.19. The molecule has 2 aliphatic carbocycles. The first kappa shape index (κ1) is 17.3. The van der Waals surface area contributed by atoms with Gasteiger partial charge in [0.25, 0.3) is 0 Å². The molecule has 22 heavy (non-hydrogen) atoms. The maximum Gasteiger partial charge on any atom is 0.199 e. The Hall–Kier alpha value is -1.10. The monoisotopic (exact) mass is 303 g/mol. The van der Waals surface area contributed by atoms with Crippen molar-refractivity contribution >= 4 is 0 Å². The second-order valence-corrected chi connectivity index (χ2v) is 7.26. The molecular weight excluding hydrogens is 273 g/mol. The maximum absolute atomic E-state index is 12.7. The van der Waals surface area contributed by atoms with Gasteiger partial charge in [0.1, 0.15) is 6.07 Å². The predicted octanol–water partition coefficient (Wildman–Crippen LogP) is 6.33. The highest BCUT2D eigenvalue weighted by Gasteiger charge is 2.29. The first-order valence-electron chi connectivity index (χ1n) is 9.17. The van der Waals surface area contributed by atoms with Crippen LogP contribution in [0.15, 0.2) is 24.1 Å². The maximum atomic E-state index is 12.7. The molecule has 0 aliphatic heterocycles. The molecule has 2 fully saturated rings. The lowest BCUT2D eigenvalue weighted by Gasteiger charge is -2.37. The van der Waals surface area contributed by atoms with E-state index >= 15 is 0 Å². The van der Waals surface area contributed by atoms with Crippen molar-refractivity contribution in [2.24, 2.45) is 23.7 Å². The molecule has 1 nitrogen and oxygen atoms in total. The summed E-state index contributed by atoms with van der Waals surface area (Å²) in [5.41, 5.74) is 0. The van der Waals surface area contributed by atoms with Crippen molar-refractivity contribution in [1.82, 2.24) is 0 Å². The van der Waals surface area contributed by atoms with E-state index in [2.05, 4.69) is 13.0 Å². The quantitative estimate of drug-likeness (QED) is 0.430. The Kier molecular flexibility index (Phi) is 7.16. The van der Waals surface area contributed by atoms with Crippen molar-refractivity contribution in [2.45, 2.75) is 71.1 Å². The van der Waals surface area contributed by atoms with Crippen LogP contribution in [0, 0.1) is 35.0 Å². The average molecular weight is 303 g/mol. The van der Waals surface area contributed by atoms with Crippen LogP contribution in [0.5, 0.6) is 0 Å². The molecule has 0 bridgehead atoms. The van der Waals surface area contributed by atoms with Gasteiger partial charge < -0.3 is 0 Å². The Labute approximate surface area is 135 Å². The van der Waals surface area contributed by atoms with Gasteiger partial charge >= 0.3 is 0 Å². The third-order valence-electron chi connectivity index (χ3n) is 5.80. The summed E-state index contributed by atoms with van der Waals surface area (Å²) in [6.07, 6.45) is 18.8. The van der Waals surface area contributed by atoms with Crippen LogP contribution in [0.4, 0.5) is 4.39 Å². The second-order valence-electron chi connectivity index (χ2n) is 7.26. The van der Waals surface area contributed by atoms with Crippen LogP contribution in [0.25, 0.3) is 0 Å². The van der Waals surface area contributed by atoms with Crippen LogP contribution < -0.4 is 0 Å². The molecule has 0 N–H and O–H groups in total. The number of allylic oxidation sites excluding steroid dienone is 4. The standard InChI is InChI=1S/C20H30FN/c1-2-4-16-7-11-18(12-8-16)19-13-9-17(10-14-19)5-3-6-20(21)15-22/h3,5-6,16-19H,2,4,7-14H2,1H3. The lowest BCUT2D eigenvalue weighted by Crippen LogP contribution is -2.25. The summed E-state index contributed by atoms with van der Waals surface area (Å²) in [4.78, 5) is 0. The van der Waals surface area contributed by atoms with Crippen molar-refractivity contribution in [2.75, 3.05) is 0 Å². The second kappa shape index (κ2) is 9.13. The van der Waals surface area contributed by atoms with Crippen molar-refractivity contribution in [1.29, 1.82) is 5.26 Å². The molecule has 0 aromatic heterocycles. The van der Waals surface area contributed by atoms with Crippen LogP contribution in [-0.2, 0) is 0 Å². The highest BCUT2D eigenvalue weighted by Crippen LogP contribution is 2.42. The Morgan fingerprint density at radius 3 is 2.18 bits per heavy atom. The first-order valence-corrected chi connectivity index (χ1v) is 9.17. The Balaban J connectivity index is 1.71. The van der Waals surface area contributed by atoms with E-state index in [1.54, 1.807) is 6.08 Å². The molecule has 2 rings (SSSR count). The van der Waals surface area contributed by atoms with Gasteiger partial charge in [-0.3, -0.25) is 0 Å². The number of hydrogen-bond acceptors (Lipinski definition) is 1. The zero-order valence-corrected chi connectivity index (χ0v) is 13.9. The van der Waals surface area contributed by atoms with E-state index in [1.165, 1.54) is 76.4 Å². The number of rotatable bonds is 5. The number of halogens is 1. The van der Waals surface area contributed by atoms with Gasteiger partial charge in [-0.2, -0.15) is 9.65 Å².